The van der Waals surface area contributed by atoms with Crippen LogP contribution in [0.5, 0.6) is 0 Å². The molecule has 25 heavy (non-hydrogen) atoms. The number of carbonyl (C=O) groups is 1. The van der Waals surface area contributed by atoms with Gasteiger partial charge in [-0.25, -0.2) is 4.98 Å². The van der Waals surface area contributed by atoms with Gasteiger partial charge in [0, 0.05) is 30.1 Å². The number of hydrogen-bond acceptors (Lipinski definition) is 2. The van der Waals surface area contributed by atoms with Crippen LogP contribution in [0.2, 0.25) is 0 Å². The average molecular weight is 397 g/mol. The van der Waals surface area contributed by atoms with Gasteiger partial charge in [-0.05, 0) is 65.2 Å². The molecule has 1 aliphatic carbocycles. The van der Waals surface area contributed by atoms with E-state index in [1.165, 1.54) is 16.6 Å². The minimum absolute atomic E-state index is 0.259. The molecule has 2 aromatic heterocycles. The van der Waals surface area contributed by atoms with E-state index in [0.29, 0.717) is 12.3 Å². The number of halogens is 1. The molecule has 0 radical (unpaired) electrons. The second kappa shape index (κ2) is 6.75. The first-order chi connectivity index (χ1) is 12.1. The third-order valence-electron chi connectivity index (χ3n) is 5.39. The SMILES string of the molecule is Cn1c2c(c3ccc(Br)nc31)CC(CCC(=O)c1ccccc1)CC2. The van der Waals surface area contributed by atoms with Crippen molar-refractivity contribution in [3.8, 4) is 0 Å². The summed E-state index contributed by atoms with van der Waals surface area (Å²) in [5.41, 5.74) is 4.73. The zero-order chi connectivity index (χ0) is 17.4. The zero-order valence-corrected chi connectivity index (χ0v) is 15.9. The molecule has 4 heteroatoms. The molecule has 0 fully saturated rings. The van der Waals surface area contributed by atoms with E-state index < -0.39 is 0 Å². The fraction of sp³-hybridized carbons (Fsp3) is 0.333. The number of Topliss-reactive ketones (excluding diaryl/α,β-unsaturated/α-hetero) is 1. The maximum absolute atomic E-state index is 12.4. The summed E-state index contributed by atoms with van der Waals surface area (Å²) in [5, 5.41) is 1.26. The van der Waals surface area contributed by atoms with Gasteiger partial charge < -0.3 is 4.57 Å². The number of aryl methyl sites for hydroxylation is 1. The molecule has 0 bridgehead atoms. The second-order valence-corrected chi connectivity index (χ2v) is 7.74. The van der Waals surface area contributed by atoms with E-state index in [9.17, 15) is 4.79 Å². The molecule has 0 spiro atoms. The fourth-order valence-corrected chi connectivity index (χ4v) is 4.33. The average Bonchev–Trinajstić information content (AvgIpc) is 2.92. The van der Waals surface area contributed by atoms with Gasteiger partial charge in [0.1, 0.15) is 10.3 Å². The molecule has 0 saturated carbocycles. The summed E-state index contributed by atoms with van der Waals surface area (Å²) in [6.45, 7) is 0. The van der Waals surface area contributed by atoms with Crippen LogP contribution >= 0.6 is 15.9 Å². The third kappa shape index (κ3) is 3.15. The monoisotopic (exact) mass is 396 g/mol. The molecule has 4 rings (SSSR count). The predicted molar refractivity (Wildman–Crippen MR) is 104 cm³/mol. The summed E-state index contributed by atoms with van der Waals surface area (Å²) >= 11 is 3.47. The summed E-state index contributed by atoms with van der Waals surface area (Å²) in [7, 11) is 2.11. The van der Waals surface area contributed by atoms with E-state index in [1.54, 1.807) is 0 Å². The number of fused-ring (bicyclic) bond motifs is 3. The molecule has 0 saturated heterocycles. The van der Waals surface area contributed by atoms with Gasteiger partial charge in [-0.1, -0.05) is 30.3 Å². The highest BCUT2D eigenvalue weighted by Crippen LogP contribution is 2.35. The minimum atomic E-state index is 0.259. The Labute approximate surface area is 156 Å². The van der Waals surface area contributed by atoms with E-state index in [1.807, 2.05) is 36.4 Å². The third-order valence-corrected chi connectivity index (χ3v) is 5.84. The summed E-state index contributed by atoms with van der Waals surface area (Å²) in [6, 6.07) is 13.8. The highest BCUT2D eigenvalue weighted by Gasteiger charge is 2.25. The summed E-state index contributed by atoms with van der Waals surface area (Å²) in [5.74, 6) is 0.837. The van der Waals surface area contributed by atoms with Crippen molar-refractivity contribution in [2.75, 3.05) is 0 Å². The molecule has 1 atom stereocenters. The number of ketones is 1. The van der Waals surface area contributed by atoms with E-state index in [2.05, 4.69) is 38.6 Å². The van der Waals surface area contributed by atoms with Crippen LogP contribution in [-0.2, 0) is 19.9 Å². The van der Waals surface area contributed by atoms with Crippen LogP contribution in [0.1, 0.15) is 40.9 Å². The highest BCUT2D eigenvalue weighted by molar-refractivity contribution is 9.10. The predicted octanol–water partition coefficient (Wildman–Crippen LogP) is 5.10. The van der Waals surface area contributed by atoms with Crippen molar-refractivity contribution < 1.29 is 4.79 Å². The molecule has 3 aromatic rings. The lowest BCUT2D eigenvalue weighted by Crippen LogP contribution is -2.16. The Morgan fingerprint density at radius 3 is 2.84 bits per heavy atom. The first kappa shape index (κ1) is 16.5. The van der Waals surface area contributed by atoms with Gasteiger partial charge >= 0.3 is 0 Å². The number of hydrogen-bond donors (Lipinski definition) is 0. The Morgan fingerprint density at radius 1 is 1.24 bits per heavy atom. The summed E-state index contributed by atoms with van der Waals surface area (Å²) in [4.78, 5) is 17.0. The Kier molecular flexibility index (Phi) is 4.46. The molecule has 0 aliphatic heterocycles. The first-order valence-electron chi connectivity index (χ1n) is 8.84. The number of aromatic nitrogens is 2. The van der Waals surface area contributed by atoms with Gasteiger partial charge in [0.25, 0.3) is 0 Å². The molecule has 1 aromatic carbocycles. The van der Waals surface area contributed by atoms with Gasteiger partial charge in [0.05, 0.1) is 0 Å². The van der Waals surface area contributed by atoms with Crippen LogP contribution in [0.4, 0.5) is 0 Å². The molecule has 0 N–H and O–H groups in total. The van der Waals surface area contributed by atoms with Crippen molar-refractivity contribution in [3.63, 3.8) is 0 Å². The number of benzene rings is 1. The molecular formula is C21H21BrN2O. The van der Waals surface area contributed by atoms with E-state index in [0.717, 1.165) is 41.5 Å². The number of pyridine rings is 1. The normalized spacial score (nSPS) is 16.8. The Balaban J connectivity index is 1.50. The number of rotatable bonds is 4. The maximum Gasteiger partial charge on any atom is 0.162 e. The molecule has 0 amide bonds. The van der Waals surface area contributed by atoms with E-state index >= 15 is 0 Å². The van der Waals surface area contributed by atoms with E-state index in [4.69, 9.17) is 0 Å². The number of nitrogens with zero attached hydrogens (tertiary/aromatic N) is 2. The molecule has 1 aliphatic rings. The van der Waals surface area contributed by atoms with Crippen LogP contribution in [0.15, 0.2) is 47.1 Å². The zero-order valence-electron chi connectivity index (χ0n) is 14.3. The Hall–Kier alpha value is -1.94. The smallest absolute Gasteiger partial charge is 0.162 e. The minimum Gasteiger partial charge on any atom is -0.332 e. The molecular weight excluding hydrogens is 376 g/mol. The standard InChI is InChI=1S/C21H21BrN2O/c1-24-18-10-7-14(8-11-19(25)15-5-3-2-4-6-15)13-17(18)16-9-12-20(22)23-21(16)24/h2-6,9,12,14H,7-8,10-11,13H2,1H3. The maximum atomic E-state index is 12.4. The highest BCUT2D eigenvalue weighted by atomic mass is 79.9. The van der Waals surface area contributed by atoms with Crippen LogP contribution in [0.3, 0.4) is 0 Å². The van der Waals surface area contributed by atoms with Crippen molar-refractivity contribution in [2.45, 2.75) is 32.1 Å². The largest absolute Gasteiger partial charge is 0.332 e. The van der Waals surface area contributed by atoms with Crippen LogP contribution < -0.4 is 0 Å². The topological polar surface area (TPSA) is 34.9 Å². The lowest BCUT2D eigenvalue weighted by Gasteiger charge is -2.23. The Morgan fingerprint density at radius 2 is 2.04 bits per heavy atom. The number of carbonyl (C=O) groups excluding carboxylic acids is 1. The lowest BCUT2D eigenvalue weighted by atomic mass is 9.83. The Bertz CT molecular complexity index is 930. The van der Waals surface area contributed by atoms with Crippen LogP contribution in [0.25, 0.3) is 11.0 Å². The summed E-state index contributed by atoms with van der Waals surface area (Å²) < 4.78 is 3.11. The second-order valence-electron chi connectivity index (χ2n) is 6.93. The van der Waals surface area contributed by atoms with Gasteiger partial charge in [-0.2, -0.15) is 0 Å². The van der Waals surface area contributed by atoms with Crippen molar-refractivity contribution in [1.29, 1.82) is 0 Å². The van der Waals surface area contributed by atoms with Gasteiger partial charge in [-0.15, -0.1) is 0 Å². The summed E-state index contributed by atoms with van der Waals surface area (Å²) in [6.07, 6.45) is 4.88. The van der Waals surface area contributed by atoms with Crippen molar-refractivity contribution >= 4 is 32.7 Å². The van der Waals surface area contributed by atoms with Gasteiger partial charge in [-0.3, -0.25) is 4.79 Å². The molecule has 1 unspecified atom stereocenters. The van der Waals surface area contributed by atoms with Gasteiger partial charge in [0.15, 0.2) is 5.78 Å². The van der Waals surface area contributed by atoms with Crippen LogP contribution in [-0.4, -0.2) is 15.3 Å². The van der Waals surface area contributed by atoms with Crippen molar-refractivity contribution in [1.82, 2.24) is 9.55 Å². The van der Waals surface area contributed by atoms with Crippen molar-refractivity contribution in [2.24, 2.45) is 13.0 Å². The molecule has 128 valence electrons. The van der Waals surface area contributed by atoms with Crippen molar-refractivity contribution in [3.05, 3.63) is 63.9 Å². The van der Waals surface area contributed by atoms with Gasteiger partial charge in [0.2, 0.25) is 0 Å². The quantitative estimate of drug-likeness (QED) is 0.453. The van der Waals surface area contributed by atoms with Crippen LogP contribution in [0, 0.1) is 5.92 Å². The fourth-order valence-electron chi connectivity index (χ4n) is 4.03. The van der Waals surface area contributed by atoms with E-state index in [-0.39, 0.29) is 5.78 Å². The molecule has 2 heterocycles. The molecule has 3 nitrogen and oxygen atoms in total. The first-order valence-corrected chi connectivity index (χ1v) is 9.63. The lowest BCUT2D eigenvalue weighted by molar-refractivity contribution is 0.0972.